The molecule has 0 saturated carbocycles. The van der Waals surface area contributed by atoms with Crippen LogP contribution in [0.2, 0.25) is 0 Å². The third-order valence-corrected chi connectivity index (χ3v) is 4.49. The SMILES string of the molecule is O=C(NCCCc1ccccc1)C1CN(C(=O)c2ccc(F)c(F)c2)C1. The van der Waals surface area contributed by atoms with Crippen LogP contribution >= 0.6 is 0 Å². The first kappa shape index (κ1) is 18.0. The minimum Gasteiger partial charge on any atom is -0.356 e. The zero-order valence-electron chi connectivity index (χ0n) is 14.3. The third-order valence-electron chi connectivity index (χ3n) is 4.49. The molecule has 1 aliphatic heterocycles. The van der Waals surface area contributed by atoms with Crippen molar-refractivity contribution in [2.45, 2.75) is 12.8 Å². The Hall–Kier alpha value is -2.76. The highest BCUT2D eigenvalue weighted by Crippen LogP contribution is 2.20. The molecule has 0 aromatic heterocycles. The number of likely N-dealkylation sites (tertiary alicyclic amines) is 1. The Labute approximate surface area is 150 Å². The van der Waals surface area contributed by atoms with Gasteiger partial charge in [-0.15, -0.1) is 0 Å². The number of rotatable bonds is 6. The molecule has 4 nitrogen and oxygen atoms in total. The Balaban J connectivity index is 1.39. The van der Waals surface area contributed by atoms with E-state index in [1.165, 1.54) is 16.5 Å². The number of nitrogens with zero attached hydrogens (tertiary/aromatic N) is 1. The zero-order valence-corrected chi connectivity index (χ0v) is 14.3. The average molecular weight is 358 g/mol. The van der Waals surface area contributed by atoms with E-state index in [-0.39, 0.29) is 17.4 Å². The molecule has 1 saturated heterocycles. The summed E-state index contributed by atoms with van der Waals surface area (Å²) >= 11 is 0. The largest absolute Gasteiger partial charge is 0.356 e. The number of halogens is 2. The summed E-state index contributed by atoms with van der Waals surface area (Å²) in [6.07, 6.45) is 1.74. The van der Waals surface area contributed by atoms with Gasteiger partial charge in [-0.1, -0.05) is 30.3 Å². The highest BCUT2D eigenvalue weighted by molar-refractivity contribution is 5.96. The van der Waals surface area contributed by atoms with E-state index in [2.05, 4.69) is 17.4 Å². The summed E-state index contributed by atoms with van der Waals surface area (Å²) in [6.45, 7) is 1.17. The summed E-state index contributed by atoms with van der Waals surface area (Å²) in [7, 11) is 0. The Morgan fingerprint density at radius 3 is 2.46 bits per heavy atom. The molecule has 0 spiro atoms. The highest BCUT2D eigenvalue weighted by atomic mass is 19.2. The number of benzene rings is 2. The maximum Gasteiger partial charge on any atom is 0.254 e. The number of carbonyl (C=O) groups is 2. The second-order valence-electron chi connectivity index (χ2n) is 6.42. The van der Waals surface area contributed by atoms with Crippen LogP contribution in [0.15, 0.2) is 48.5 Å². The van der Waals surface area contributed by atoms with E-state index in [4.69, 9.17) is 0 Å². The van der Waals surface area contributed by atoms with E-state index in [0.29, 0.717) is 19.6 Å². The molecular formula is C20H20F2N2O2. The van der Waals surface area contributed by atoms with Crippen molar-refractivity contribution < 1.29 is 18.4 Å². The maximum atomic E-state index is 13.2. The number of hydrogen-bond acceptors (Lipinski definition) is 2. The van der Waals surface area contributed by atoms with E-state index in [0.717, 1.165) is 25.0 Å². The van der Waals surface area contributed by atoms with Gasteiger partial charge in [-0.2, -0.15) is 0 Å². The van der Waals surface area contributed by atoms with E-state index in [9.17, 15) is 18.4 Å². The fourth-order valence-corrected chi connectivity index (χ4v) is 2.92. The summed E-state index contributed by atoms with van der Waals surface area (Å²) in [5.41, 5.74) is 1.32. The predicted octanol–water partition coefficient (Wildman–Crippen LogP) is 2.79. The first-order valence-corrected chi connectivity index (χ1v) is 8.60. The minimum absolute atomic E-state index is 0.0765. The van der Waals surface area contributed by atoms with Gasteiger partial charge in [0.05, 0.1) is 5.92 Å². The predicted molar refractivity (Wildman–Crippen MR) is 93.5 cm³/mol. The van der Waals surface area contributed by atoms with Gasteiger partial charge in [0.25, 0.3) is 5.91 Å². The van der Waals surface area contributed by atoms with Gasteiger partial charge in [0.2, 0.25) is 5.91 Å². The third kappa shape index (κ3) is 4.25. The molecule has 2 aromatic rings. The first-order valence-electron chi connectivity index (χ1n) is 8.60. The molecule has 1 fully saturated rings. The van der Waals surface area contributed by atoms with Gasteiger partial charge in [0, 0.05) is 25.2 Å². The van der Waals surface area contributed by atoms with Crippen molar-refractivity contribution in [3.63, 3.8) is 0 Å². The molecule has 1 heterocycles. The fraction of sp³-hybridized carbons (Fsp3) is 0.300. The number of aryl methyl sites for hydroxylation is 1. The van der Waals surface area contributed by atoms with Crippen LogP contribution in [0, 0.1) is 17.6 Å². The van der Waals surface area contributed by atoms with Crippen molar-refractivity contribution in [2.24, 2.45) is 5.92 Å². The molecule has 3 rings (SSSR count). The van der Waals surface area contributed by atoms with Crippen LogP contribution in [0.25, 0.3) is 0 Å². The van der Waals surface area contributed by atoms with Crippen LogP contribution in [0.5, 0.6) is 0 Å². The highest BCUT2D eigenvalue weighted by Gasteiger charge is 2.35. The number of nitrogens with one attached hydrogen (secondary N) is 1. The molecule has 26 heavy (non-hydrogen) atoms. The van der Waals surface area contributed by atoms with Crippen LogP contribution in [0.1, 0.15) is 22.3 Å². The molecule has 0 bridgehead atoms. The summed E-state index contributed by atoms with van der Waals surface area (Å²) in [6, 6.07) is 13.1. The molecule has 2 aromatic carbocycles. The lowest BCUT2D eigenvalue weighted by Gasteiger charge is -2.38. The summed E-state index contributed by atoms with van der Waals surface area (Å²) in [4.78, 5) is 25.7. The van der Waals surface area contributed by atoms with E-state index in [1.807, 2.05) is 18.2 Å². The lowest BCUT2D eigenvalue weighted by molar-refractivity contribution is -0.128. The summed E-state index contributed by atoms with van der Waals surface area (Å²) in [5, 5.41) is 2.88. The van der Waals surface area contributed by atoms with E-state index in [1.54, 1.807) is 0 Å². The summed E-state index contributed by atoms with van der Waals surface area (Å²) in [5.74, 6) is -2.76. The van der Waals surface area contributed by atoms with Crippen molar-refractivity contribution in [2.75, 3.05) is 19.6 Å². The Morgan fingerprint density at radius 1 is 1.04 bits per heavy atom. The number of hydrogen-bond donors (Lipinski definition) is 1. The van der Waals surface area contributed by atoms with E-state index >= 15 is 0 Å². The van der Waals surface area contributed by atoms with Gasteiger partial charge in [-0.25, -0.2) is 8.78 Å². The Kier molecular flexibility index (Phi) is 5.61. The van der Waals surface area contributed by atoms with Crippen LogP contribution in [0.4, 0.5) is 8.78 Å². The first-order chi connectivity index (χ1) is 12.5. The van der Waals surface area contributed by atoms with Crippen LogP contribution in [0.3, 0.4) is 0 Å². The molecular weight excluding hydrogens is 338 g/mol. The minimum atomic E-state index is -1.05. The van der Waals surface area contributed by atoms with Gasteiger partial charge in [0.1, 0.15) is 0 Å². The lowest BCUT2D eigenvalue weighted by Crippen LogP contribution is -2.55. The van der Waals surface area contributed by atoms with Gasteiger partial charge in [0.15, 0.2) is 11.6 Å². The maximum absolute atomic E-state index is 13.2. The average Bonchev–Trinajstić information content (AvgIpc) is 2.60. The van der Waals surface area contributed by atoms with Crippen molar-refractivity contribution in [1.29, 1.82) is 0 Å². The van der Waals surface area contributed by atoms with Crippen molar-refractivity contribution in [1.82, 2.24) is 10.2 Å². The van der Waals surface area contributed by atoms with Crippen molar-refractivity contribution >= 4 is 11.8 Å². The molecule has 6 heteroatoms. The quantitative estimate of drug-likeness (QED) is 0.808. The van der Waals surface area contributed by atoms with Crippen LogP contribution < -0.4 is 5.32 Å². The van der Waals surface area contributed by atoms with Gasteiger partial charge in [-0.3, -0.25) is 9.59 Å². The standard InChI is InChI=1S/C20H20F2N2O2/c21-17-9-8-15(11-18(17)22)20(26)24-12-16(13-24)19(25)23-10-4-7-14-5-2-1-3-6-14/h1-3,5-6,8-9,11,16H,4,7,10,12-13H2,(H,23,25). The van der Waals surface area contributed by atoms with Crippen LogP contribution in [-0.4, -0.2) is 36.3 Å². The molecule has 2 amide bonds. The van der Waals surface area contributed by atoms with E-state index < -0.39 is 17.5 Å². The molecule has 0 aliphatic carbocycles. The molecule has 1 N–H and O–H groups in total. The monoisotopic (exact) mass is 358 g/mol. The molecule has 136 valence electrons. The topological polar surface area (TPSA) is 49.4 Å². The molecule has 1 aliphatic rings. The number of amides is 2. The number of carbonyl (C=O) groups excluding carboxylic acids is 2. The van der Waals surface area contributed by atoms with Gasteiger partial charge >= 0.3 is 0 Å². The van der Waals surface area contributed by atoms with Crippen LogP contribution in [-0.2, 0) is 11.2 Å². The molecule has 0 unspecified atom stereocenters. The van der Waals surface area contributed by atoms with Crippen molar-refractivity contribution in [3.05, 3.63) is 71.3 Å². The second-order valence-corrected chi connectivity index (χ2v) is 6.42. The molecule has 0 radical (unpaired) electrons. The Morgan fingerprint density at radius 2 is 1.77 bits per heavy atom. The molecule has 0 atom stereocenters. The lowest BCUT2D eigenvalue weighted by atomic mass is 9.97. The van der Waals surface area contributed by atoms with Gasteiger partial charge < -0.3 is 10.2 Å². The summed E-state index contributed by atoms with van der Waals surface area (Å²) < 4.78 is 26.1. The smallest absolute Gasteiger partial charge is 0.254 e. The fourth-order valence-electron chi connectivity index (χ4n) is 2.92. The normalized spacial score (nSPS) is 14.0. The van der Waals surface area contributed by atoms with Crippen molar-refractivity contribution in [3.8, 4) is 0 Å². The second kappa shape index (κ2) is 8.08. The zero-order chi connectivity index (χ0) is 18.5. The Bertz CT molecular complexity index is 790. The van der Waals surface area contributed by atoms with Gasteiger partial charge in [-0.05, 0) is 36.6 Å².